The minimum absolute atomic E-state index is 0.218. The summed E-state index contributed by atoms with van der Waals surface area (Å²) in [6.07, 6.45) is 1.95. The molecule has 7 heteroatoms. The van der Waals surface area contributed by atoms with Crippen molar-refractivity contribution in [1.82, 2.24) is 15.8 Å². The van der Waals surface area contributed by atoms with Gasteiger partial charge in [-0.1, -0.05) is 18.1 Å². The third kappa shape index (κ3) is 3.07. The number of anilines is 1. The van der Waals surface area contributed by atoms with Crippen LogP contribution in [0.15, 0.2) is 22.7 Å². The van der Waals surface area contributed by atoms with Crippen LogP contribution >= 0.6 is 0 Å². The van der Waals surface area contributed by atoms with Crippen LogP contribution in [0.25, 0.3) is 11.0 Å². The third-order valence-corrected chi connectivity index (χ3v) is 5.38. The van der Waals surface area contributed by atoms with Crippen LogP contribution in [-0.4, -0.2) is 43.2 Å². The molecule has 26 heavy (non-hydrogen) atoms. The van der Waals surface area contributed by atoms with E-state index in [1.807, 2.05) is 12.1 Å². The van der Waals surface area contributed by atoms with Gasteiger partial charge >= 0.3 is 0 Å². The Kier molecular flexibility index (Phi) is 4.63. The molecule has 1 unspecified atom stereocenters. The lowest BCUT2D eigenvalue weighted by Gasteiger charge is -2.22. The Morgan fingerprint density at radius 2 is 2.23 bits per heavy atom. The summed E-state index contributed by atoms with van der Waals surface area (Å²) in [4.78, 5) is 26.1. The quantitative estimate of drug-likeness (QED) is 0.794. The van der Waals surface area contributed by atoms with Crippen molar-refractivity contribution in [1.29, 1.82) is 0 Å². The zero-order chi connectivity index (χ0) is 18.1. The summed E-state index contributed by atoms with van der Waals surface area (Å²) in [5, 5.41) is 11.0. The summed E-state index contributed by atoms with van der Waals surface area (Å²) in [7, 11) is 0. The smallest absolute Gasteiger partial charge is 0.235 e. The normalized spacial score (nSPS) is 23.7. The molecule has 2 atom stereocenters. The molecule has 0 saturated carbocycles. The fraction of sp³-hybridized carbons (Fsp3) is 0.526. The molecule has 2 amide bonds. The van der Waals surface area contributed by atoms with Crippen LogP contribution in [0.2, 0.25) is 0 Å². The van der Waals surface area contributed by atoms with Crippen molar-refractivity contribution in [2.45, 2.75) is 32.1 Å². The topological polar surface area (TPSA) is 87.5 Å². The van der Waals surface area contributed by atoms with Crippen LogP contribution < -0.4 is 15.5 Å². The number of carbonyl (C=O) groups excluding carboxylic acids is 2. The van der Waals surface area contributed by atoms with Gasteiger partial charge in [0.05, 0.1) is 11.3 Å². The first-order chi connectivity index (χ1) is 12.7. The molecule has 1 aromatic carbocycles. The van der Waals surface area contributed by atoms with E-state index in [0.717, 1.165) is 43.7 Å². The summed E-state index contributed by atoms with van der Waals surface area (Å²) in [5.41, 5.74) is 2.41. The molecular formula is C19H24N4O3. The van der Waals surface area contributed by atoms with E-state index in [4.69, 9.17) is 4.52 Å². The van der Waals surface area contributed by atoms with Crippen molar-refractivity contribution in [3.8, 4) is 0 Å². The Hall–Kier alpha value is -2.41. The molecule has 0 radical (unpaired) electrons. The molecule has 138 valence electrons. The van der Waals surface area contributed by atoms with E-state index >= 15 is 0 Å². The zero-order valence-corrected chi connectivity index (χ0v) is 15.0. The van der Waals surface area contributed by atoms with E-state index in [9.17, 15) is 9.59 Å². The number of nitrogens with zero attached hydrogens (tertiary/aromatic N) is 2. The number of fused-ring (bicyclic) bond motifs is 1. The molecular weight excluding hydrogens is 332 g/mol. The summed E-state index contributed by atoms with van der Waals surface area (Å²) in [6, 6.07) is 5.92. The van der Waals surface area contributed by atoms with E-state index in [-0.39, 0.29) is 11.8 Å². The van der Waals surface area contributed by atoms with E-state index < -0.39 is 5.92 Å². The Morgan fingerprint density at radius 3 is 3.04 bits per heavy atom. The van der Waals surface area contributed by atoms with Crippen molar-refractivity contribution < 1.29 is 14.1 Å². The maximum atomic E-state index is 12.3. The number of aromatic nitrogens is 1. The molecule has 1 aromatic heterocycles. The Morgan fingerprint density at radius 1 is 1.35 bits per heavy atom. The maximum absolute atomic E-state index is 12.3. The fourth-order valence-electron chi connectivity index (χ4n) is 4.02. The molecule has 2 saturated heterocycles. The summed E-state index contributed by atoms with van der Waals surface area (Å²) in [6.45, 7) is 6.09. The molecule has 3 heterocycles. The van der Waals surface area contributed by atoms with Crippen LogP contribution in [0.1, 0.15) is 37.8 Å². The number of hydrogen-bond donors (Lipinski definition) is 2. The zero-order valence-electron chi connectivity index (χ0n) is 15.0. The molecule has 2 fully saturated rings. The van der Waals surface area contributed by atoms with Gasteiger partial charge in [0.2, 0.25) is 11.8 Å². The second-order valence-corrected chi connectivity index (χ2v) is 7.13. The van der Waals surface area contributed by atoms with Crippen LogP contribution in [0.3, 0.4) is 0 Å². The van der Waals surface area contributed by atoms with Crippen molar-refractivity contribution in [2.24, 2.45) is 5.92 Å². The van der Waals surface area contributed by atoms with Gasteiger partial charge in [-0.2, -0.15) is 0 Å². The molecule has 4 rings (SSSR count). The Bertz CT molecular complexity index is 831. The average molecular weight is 356 g/mol. The predicted octanol–water partition coefficient (Wildman–Crippen LogP) is 1.78. The average Bonchev–Trinajstić information content (AvgIpc) is 3.27. The molecule has 2 aliphatic rings. The van der Waals surface area contributed by atoms with E-state index in [2.05, 4.69) is 33.7 Å². The molecule has 0 aliphatic carbocycles. The number of carbonyl (C=O) groups is 2. The first kappa shape index (κ1) is 17.0. The lowest BCUT2D eigenvalue weighted by molar-refractivity contribution is -0.134. The van der Waals surface area contributed by atoms with E-state index in [1.54, 1.807) is 0 Å². The SMILES string of the molecule is CCNC[C@H]1CCN(c2cccc3onc(C4CCC(=O)NC4=O)c23)C1. The van der Waals surface area contributed by atoms with E-state index in [1.165, 1.54) is 0 Å². The second kappa shape index (κ2) is 7.07. The highest BCUT2D eigenvalue weighted by molar-refractivity contribution is 6.04. The van der Waals surface area contributed by atoms with Gasteiger partial charge in [-0.05, 0) is 44.0 Å². The number of hydrogen-bond acceptors (Lipinski definition) is 6. The van der Waals surface area contributed by atoms with Gasteiger partial charge in [0, 0.05) is 25.2 Å². The molecule has 2 aliphatic heterocycles. The van der Waals surface area contributed by atoms with Gasteiger partial charge in [0.15, 0.2) is 5.58 Å². The fourth-order valence-corrected chi connectivity index (χ4v) is 4.02. The lowest BCUT2D eigenvalue weighted by Crippen LogP contribution is -2.39. The summed E-state index contributed by atoms with van der Waals surface area (Å²) >= 11 is 0. The number of benzene rings is 1. The second-order valence-electron chi connectivity index (χ2n) is 7.13. The van der Waals surface area contributed by atoms with Crippen molar-refractivity contribution in [3.63, 3.8) is 0 Å². The molecule has 0 spiro atoms. The molecule has 2 N–H and O–H groups in total. The Labute approximate surface area is 152 Å². The van der Waals surface area contributed by atoms with Crippen molar-refractivity contribution >= 4 is 28.5 Å². The van der Waals surface area contributed by atoms with Gasteiger partial charge in [-0.25, -0.2) is 0 Å². The number of amides is 2. The van der Waals surface area contributed by atoms with Gasteiger partial charge in [0.1, 0.15) is 5.69 Å². The number of imide groups is 1. The molecule has 0 bridgehead atoms. The molecule has 2 aromatic rings. The monoisotopic (exact) mass is 356 g/mol. The van der Waals surface area contributed by atoms with Crippen LogP contribution in [0.5, 0.6) is 0 Å². The number of piperidine rings is 1. The predicted molar refractivity (Wildman–Crippen MR) is 98.0 cm³/mol. The van der Waals surface area contributed by atoms with Gasteiger partial charge < -0.3 is 14.7 Å². The number of rotatable bonds is 5. The van der Waals surface area contributed by atoms with Crippen molar-refractivity contribution in [3.05, 3.63) is 23.9 Å². The highest BCUT2D eigenvalue weighted by atomic mass is 16.5. The minimum Gasteiger partial charge on any atom is -0.371 e. The highest BCUT2D eigenvalue weighted by Gasteiger charge is 2.34. The maximum Gasteiger partial charge on any atom is 0.235 e. The van der Waals surface area contributed by atoms with Crippen LogP contribution in [0, 0.1) is 5.92 Å². The Balaban J connectivity index is 1.65. The number of nitrogens with one attached hydrogen (secondary N) is 2. The van der Waals surface area contributed by atoms with Crippen molar-refractivity contribution in [2.75, 3.05) is 31.1 Å². The lowest BCUT2D eigenvalue weighted by atomic mass is 9.92. The molecule has 7 nitrogen and oxygen atoms in total. The first-order valence-electron chi connectivity index (χ1n) is 9.35. The summed E-state index contributed by atoms with van der Waals surface area (Å²) < 4.78 is 5.52. The van der Waals surface area contributed by atoms with Gasteiger partial charge in [-0.15, -0.1) is 0 Å². The third-order valence-electron chi connectivity index (χ3n) is 5.38. The first-order valence-corrected chi connectivity index (χ1v) is 9.35. The standard InChI is InChI=1S/C19H24N4O3/c1-2-20-10-12-8-9-23(11-12)14-4-3-5-15-17(14)18(22-26-15)13-6-7-16(24)21-19(13)25/h3-5,12-13,20H,2,6-11H2,1H3,(H,21,24,25)/t12-,13?/m1/s1. The van der Waals surface area contributed by atoms with Gasteiger partial charge in [-0.3, -0.25) is 14.9 Å². The van der Waals surface area contributed by atoms with Crippen LogP contribution in [-0.2, 0) is 9.59 Å². The largest absolute Gasteiger partial charge is 0.371 e. The van der Waals surface area contributed by atoms with Gasteiger partial charge in [0.25, 0.3) is 0 Å². The highest BCUT2D eigenvalue weighted by Crippen LogP contribution is 2.37. The van der Waals surface area contributed by atoms with Crippen LogP contribution in [0.4, 0.5) is 5.69 Å². The van der Waals surface area contributed by atoms with E-state index in [0.29, 0.717) is 30.0 Å². The summed E-state index contributed by atoms with van der Waals surface area (Å²) in [5.74, 6) is -0.317. The minimum atomic E-state index is -0.435.